The van der Waals surface area contributed by atoms with E-state index in [1.807, 2.05) is 0 Å². The molecule has 0 unspecified atom stereocenters. The maximum atomic E-state index is 12.3. The molecular weight excluding hydrogens is 402 g/mol. The Balaban J connectivity index is 0.000000216. The van der Waals surface area contributed by atoms with Crippen LogP contribution in [0.15, 0.2) is 47.4 Å². The summed E-state index contributed by atoms with van der Waals surface area (Å²) < 4.78 is 31.2. The maximum absolute atomic E-state index is 12.3. The number of likely N-dealkylation sites (tertiary alicyclic amines) is 1. The first-order chi connectivity index (χ1) is 14.3. The highest BCUT2D eigenvalue weighted by atomic mass is 32.2. The average molecular weight is 430 g/mol. The molecule has 1 aliphatic heterocycles. The van der Waals surface area contributed by atoms with Crippen molar-refractivity contribution in [2.24, 2.45) is 0 Å². The summed E-state index contributed by atoms with van der Waals surface area (Å²) in [5.41, 5.74) is 0.659. The van der Waals surface area contributed by atoms with Crippen LogP contribution in [0.2, 0.25) is 0 Å². The van der Waals surface area contributed by atoms with Crippen molar-refractivity contribution in [3.63, 3.8) is 0 Å². The van der Waals surface area contributed by atoms with Gasteiger partial charge in [-0.1, -0.05) is 44.0 Å². The third kappa shape index (κ3) is 5.03. The molecule has 30 heavy (non-hydrogen) atoms. The zero-order valence-electron chi connectivity index (χ0n) is 17.1. The second-order valence-electron chi connectivity index (χ2n) is 7.64. The molecule has 2 aliphatic rings. The zero-order valence-corrected chi connectivity index (χ0v) is 18.0. The Morgan fingerprint density at radius 3 is 2.00 bits per heavy atom. The number of carbonyl (C=O) groups is 2. The summed E-state index contributed by atoms with van der Waals surface area (Å²) in [6, 6.07) is 9.72. The third-order valence-corrected chi connectivity index (χ3v) is 6.32. The van der Waals surface area contributed by atoms with Gasteiger partial charge in [-0.25, -0.2) is 0 Å². The number of nitrogens with zero attached hydrogens (tertiary/aromatic N) is 1. The second kappa shape index (κ2) is 9.64. The largest absolute Gasteiger partial charge is 0.303 e. The van der Waals surface area contributed by atoms with Crippen LogP contribution in [0.25, 0.3) is 0 Å². The molecule has 2 aromatic rings. The molecule has 2 aromatic carbocycles. The van der Waals surface area contributed by atoms with Crippen LogP contribution in [0.5, 0.6) is 0 Å². The molecular formula is C23H27NO5S. The molecule has 0 amide bonds. The van der Waals surface area contributed by atoms with Crippen molar-refractivity contribution in [3.8, 4) is 0 Å². The molecule has 0 aromatic heterocycles. The smallest absolute Gasteiger partial charge is 0.294 e. The summed E-state index contributed by atoms with van der Waals surface area (Å²) in [5.74, 6) is -0.766. The van der Waals surface area contributed by atoms with Gasteiger partial charge in [0.05, 0.1) is 4.90 Å². The summed E-state index contributed by atoms with van der Waals surface area (Å²) in [6.07, 6.45) is 7.05. The van der Waals surface area contributed by atoms with Crippen LogP contribution in [0, 0.1) is 0 Å². The SMILES string of the molecule is CCCCCN1CCCC1.O=C1c2ccccc2C(=O)c2cc(S(=O)(=O)O)ccc21. The van der Waals surface area contributed by atoms with Crippen LogP contribution in [-0.4, -0.2) is 49.1 Å². The zero-order chi connectivity index (χ0) is 21.7. The standard InChI is InChI=1S/C14H8O5S.C9H19N/c15-13-9-3-1-2-4-10(9)14(16)12-7-8(20(17,18)19)5-6-11(12)13;1-2-3-4-7-10-8-5-6-9-10/h1-7H,(H,17,18,19);2-9H2,1H3. The number of carbonyl (C=O) groups excluding carboxylic acids is 2. The number of hydrogen-bond donors (Lipinski definition) is 1. The van der Waals surface area contributed by atoms with E-state index in [2.05, 4.69) is 11.8 Å². The van der Waals surface area contributed by atoms with Gasteiger partial charge in [-0.05, 0) is 57.1 Å². The number of rotatable bonds is 5. The quantitative estimate of drug-likeness (QED) is 0.487. The van der Waals surface area contributed by atoms with E-state index in [9.17, 15) is 18.0 Å². The number of ketones is 2. The highest BCUT2D eigenvalue weighted by Gasteiger charge is 2.30. The number of hydrogen-bond acceptors (Lipinski definition) is 5. The molecule has 1 aliphatic carbocycles. The molecule has 1 N–H and O–H groups in total. The Labute approximate surface area is 177 Å². The van der Waals surface area contributed by atoms with E-state index >= 15 is 0 Å². The van der Waals surface area contributed by atoms with Crippen LogP contribution >= 0.6 is 0 Å². The van der Waals surface area contributed by atoms with E-state index < -0.39 is 20.8 Å². The van der Waals surface area contributed by atoms with Crippen molar-refractivity contribution in [2.45, 2.75) is 43.9 Å². The number of benzene rings is 2. The van der Waals surface area contributed by atoms with Gasteiger partial charge in [0.2, 0.25) is 0 Å². The number of unbranched alkanes of at least 4 members (excludes halogenated alkanes) is 2. The van der Waals surface area contributed by atoms with Gasteiger partial charge in [0.1, 0.15) is 0 Å². The lowest BCUT2D eigenvalue weighted by atomic mass is 9.84. The van der Waals surface area contributed by atoms with Gasteiger partial charge in [-0.15, -0.1) is 0 Å². The first-order valence-corrected chi connectivity index (χ1v) is 11.8. The maximum Gasteiger partial charge on any atom is 0.294 e. The van der Waals surface area contributed by atoms with Crippen LogP contribution in [0.1, 0.15) is 70.9 Å². The predicted molar refractivity (Wildman–Crippen MR) is 115 cm³/mol. The van der Waals surface area contributed by atoms with Crippen molar-refractivity contribution in [3.05, 3.63) is 64.7 Å². The van der Waals surface area contributed by atoms with Gasteiger partial charge in [-0.2, -0.15) is 8.42 Å². The topological polar surface area (TPSA) is 91.8 Å². The van der Waals surface area contributed by atoms with E-state index in [4.69, 9.17) is 4.55 Å². The van der Waals surface area contributed by atoms with Crippen molar-refractivity contribution in [1.29, 1.82) is 0 Å². The Hall–Kier alpha value is -2.35. The molecule has 0 atom stereocenters. The molecule has 0 bridgehead atoms. The minimum absolute atomic E-state index is 0.0103. The first kappa shape index (κ1) is 22.3. The van der Waals surface area contributed by atoms with Crippen LogP contribution < -0.4 is 0 Å². The minimum Gasteiger partial charge on any atom is -0.303 e. The summed E-state index contributed by atoms with van der Waals surface area (Å²) in [4.78, 5) is 26.7. The fraction of sp³-hybridized carbons (Fsp3) is 0.391. The Morgan fingerprint density at radius 2 is 1.43 bits per heavy atom. The molecule has 160 valence electrons. The molecule has 7 heteroatoms. The normalized spacial score (nSPS) is 15.9. The monoisotopic (exact) mass is 429 g/mol. The van der Waals surface area contributed by atoms with Gasteiger partial charge in [0.25, 0.3) is 10.1 Å². The van der Waals surface area contributed by atoms with Crippen molar-refractivity contribution in [1.82, 2.24) is 4.90 Å². The predicted octanol–water partition coefficient (Wildman–Crippen LogP) is 3.98. The minimum atomic E-state index is -4.42. The van der Waals surface area contributed by atoms with Gasteiger partial charge in [0, 0.05) is 22.3 Å². The fourth-order valence-electron chi connectivity index (χ4n) is 3.83. The second-order valence-corrected chi connectivity index (χ2v) is 9.06. The summed E-state index contributed by atoms with van der Waals surface area (Å²) in [7, 11) is -4.42. The summed E-state index contributed by atoms with van der Waals surface area (Å²) in [5, 5.41) is 0. The van der Waals surface area contributed by atoms with Crippen LogP contribution in [-0.2, 0) is 10.1 Å². The van der Waals surface area contributed by atoms with E-state index in [0.717, 1.165) is 12.1 Å². The fourth-order valence-corrected chi connectivity index (χ4v) is 4.34. The molecule has 0 spiro atoms. The van der Waals surface area contributed by atoms with Crippen molar-refractivity contribution in [2.75, 3.05) is 19.6 Å². The van der Waals surface area contributed by atoms with Crippen molar-refractivity contribution < 1.29 is 22.6 Å². The molecule has 0 radical (unpaired) electrons. The van der Waals surface area contributed by atoms with Gasteiger partial charge >= 0.3 is 0 Å². The Bertz CT molecular complexity index is 1040. The van der Waals surface area contributed by atoms with Crippen molar-refractivity contribution >= 4 is 21.7 Å². The Kier molecular flexibility index (Phi) is 7.18. The lowest BCUT2D eigenvalue weighted by Gasteiger charge is -2.17. The van der Waals surface area contributed by atoms with E-state index in [1.54, 1.807) is 18.2 Å². The van der Waals surface area contributed by atoms with E-state index in [0.29, 0.717) is 5.56 Å². The van der Waals surface area contributed by atoms with Crippen LogP contribution in [0.4, 0.5) is 0 Å². The highest BCUT2D eigenvalue weighted by molar-refractivity contribution is 7.85. The molecule has 4 rings (SSSR count). The molecule has 6 nitrogen and oxygen atoms in total. The molecule has 1 heterocycles. The van der Waals surface area contributed by atoms with Gasteiger partial charge < -0.3 is 4.90 Å². The van der Waals surface area contributed by atoms with E-state index in [-0.39, 0.29) is 22.5 Å². The van der Waals surface area contributed by atoms with Crippen LogP contribution in [0.3, 0.4) is 0 Å². The van der Waals surface area contributed by atoms with Gasteiger partial charge in [-0.3, -0.25) is 14.1 Å². The first-order valence-electron chi connectivity index (χ1n) is 10.3. The van der Waals surface area contributed by atoms with Gasteiger partial charge in [0.15, 0.2) is 11.6 Å². The average Bonchev–Trinajstić information content (AvgIpc) is 3.25. The lowest BCUT2D eigenvalue weighted by molar-refractivity contribution is 0.0979. The Morgan fingerprint density at radius 1 is 0.867 bits per heavy atom. The molecule has 1 saturated heterocycles. The lowest BCUT2D eigenvalue weighted by Crippen LogP contribution is -2.21. The third-order valence-electron chi connectivity index (χ3n) is 5.47. The molecule has 0 saturated carbocycles. The highest BCUT2D eigenvalue weighted by Crippen LogP contribution is 2.28. The summed E-state index contributed by atoms with van der Waals surface area (Å²) in [6.45, 7) is 6.35. The van der Waals surface area contributed by atoms with E-state index in [1.165, 1.54) is 63.9 Å². The molecule has 1 fully saturated rings. The summed E-state index contributed by atoms with van der Waals surface area (Å²) >= 11 is 0. The number of fused-ring (bicyclic) bond motifs is 2.